The molecule has 2 rings (SSSR count). The number of hydrogen-bond donors (Lipinski definition) is 0. The van der Waals surface area contributed by atoms with E-state index in [2.05, 4.69) is 0 Å². The Morgan fingerprint density at radius 2 is 2.28 bits per heavy atom. The summed E-state index contributed by atoms with van der Waals surface area (Å²) in [4.78, 5) is 24.2. The van der Waals surface area contributed by atoms with E-state index in [1.54, 1.807) is 24.1 Å². The minimum Gasteiger partial charge on any atom is -0.383 e. The van der Waals surface area contributed by atoms with Gasteiger partial charge in [0, 0.05) is 13.2 Å². The van der Waals surface area contributed by atoms with Crippen molar-refractivity contribution in [2.75, 3.05) is 13.7 Å². The van der Waals surface area contributed by atoms with Gasteiger partial charge in [0.25, 0.3) is 11.6 Å². The Bertz CT molecular complexity index is 501. The zero-order valence-electron chi connectivity index (χ0n) is 10.3. The van der Waals surface area contributed by atoms with Crippen molar-refractivity contribution in [2.24, 2.45) is 0 Å². The molecule has 1 aliphatic heterocycles. The molecular weight excluding hydrogens is 236 g/mol. The maximum absolute atomic E-state index is 12.1. The van der Waals surface area contributed by atoms with Gasteiger partial charge in [0.2, 0.25) is 0 Å². The number of methoxy groups -OCH3 is 1. The fourth-order valence-electron chi connectivity index (χ4n) is 2.20. The first-order valence-electron chi connectivity index (χ1n) is 5.62. The molecule has 0 saturated heterocycles. The first kappa shape index (κ1) is 12.5. The van der Waals surface area contributed by atoms with Crippen LogP contribution in [0.15, 0.2) is 18.2 Å². The molecule has 1 aromatic carbocycles. The van der Waals surface area contributed by atoms with Crippen molar-refractivity contribution in [1.29, 1.82) is 0 Å². The predicted octanol–water partition coefficient (Wildman–Crippen LogP) is 1.59. The molecule has 1 aromatic rings. The summed E-state index contributed by atoms with van der Waals surface area (Å²) < 4.78 is 5.01. The van der Waals surface area contributed by atoms with E-state index in [4.69, 9.17) is 4.74 Å². The average molecular weight is 250 g/mol. The lowest BCUT2D eigenvalue weighted by Gasteiger charge is -2.23. The number of amides is 1. The molecule has 0 N–H and O–H groups in total. The van der Waals surface area contributed by atoms with Crippen LogP contribution >= 0.6 is 0 Å². The third kappa shape index (κ3) is 1.95. The van der Waals surface area contributed by atoms with Crippen molar-refractivity contribution in [1.82, 2.24) is 4.90 Å². The number of ether oxygens (including phenoxy) is 1. The van der Waals surface area contributed by atoms with Gasteiger partial charge in [-0.05, 0) is 13.0 Å². The Kier molecular flexibility index (Phi) is 3.29. The number of hydrogen-bond acceptors (Lipinski definition) is 4. The zero-order chi connectivity index (χ0) is 13.3. The van der Waals surface area contributed by atoms with Gasteiger partial charge < -0.3 is 9.64 Å². The smallest absolute Gasteiger partial charge is 0.275 e. The van der Waals surface area contributed by atoms with Gasteiger partial charge in [0.1, 0.15) is 0 Å². The summed E-state index contributed by atoms with van der Waals surface area (Å²) in [5.41, 5.74) is 0.926. The molecule has 1 amide bonds. The number of carbonyl (C=O) groups is 1. The fourth-order valence-corrected chi connectivity index (χ4v) is 2.20. The highest BCUT2D eigenvalue weighted by molar-refractivity contribution is 5.99. The van der Waals surface area contributed by atoms with Crippen LogP contribution < -0.4 is 0 Å². The molecule has 1 heterocycles. The van der Waals surface area contributed by atoms with Gasteiger partial charge in [0.05, 0.1) is 35.2 Å². The summed E-state index contributed by atoms with van der Waals surface area (Å²) in [6.45, 7) is 2.54. The summed E-state index contributed by atoms with van der Waals surface area (Å²) in [7, 11) is 1.56. The molecular formula is C12H14N2O4. The lowest BCUT2D eigenvalue weighted by molar-refractivity contribution is -0.385. The third-order valence-corrected chi connectivity index (χ3v) is 3.11. The van der Waals surface area contributed by atoms with Crippen LogP contribution in [-0.2, 0) is 11.3 Å². The Morgan fingerprint density at radius 3 is 2.89 bits per heavy atom. The molecule has 0 saturated carbocycles. The number of nitro benzene ring substituents is 1. The number of carbonyl (C=O) groups excluding carboxylic acids is 1. The second-order valence-corrected chi connectivity index (χ2v) is 4.30. The van der Waals surface area contributed by atoms with E-state index in [-0.39, 0.29) is 24.2 Å². The topological polar surface area (TPSA) is 72.7 Å². The van der Waals surface area contributed by atoms with E-state index >= 15 is 0 Å². The van der Waals surface area contributed by atoms with Crippen LogP contribution in [0.4, 0.5) is 5.69 Å². The normalized spacial score (nSPS) is 15.7. The van der Waals surface area contributed by atoms with E-state index < -0.39 is 4.92 Å². The first-order valence-corrected chi connectivity index (χ1v) is 5.62. The van der Waals surface area contributed by atoms with Crippen molar-refractivity contribution in [3.8, 4) is 0 Å². The quantitative estimate of drug-likeness (QED) is 0.600. The van der Waals surface area contributed by atoms with Crippen molar-refractivity contribution in [3.05, 3.63) is 39.4 Å². The van der Waals surface area contributed by atoms with Gasteiger partial charge in [-0.1, -0.05) is 6.07 Å². The van der Waals surface area contributed by atoms with Gasteiger partial charge in [0.15, 0.2) is 0 Å². The van der Waals surface area contributed by atoms with Crippen LogP contribution in [0, 0.1) is 10.1 Å². The first-order chi connectivity index (χ1) is 8.56. The van der Waals surface area contributed by atoms with Crippen LogP contribution in [0.3, 0.4) is 0 Å². The van der Waals surface area contributed by atoms with Gasteiger partial charge in [-0.3, -0.25) is 14.9 Å². The van der Waals surface area contributed by atoms with Gasteiger partial charge in [-0.2, -0.15) is 0 Å². The minimum atomic E-state index is -0.448. The standard InChI is InChI=1S/C12H14N2O4/c1-8(7-18-2)13-6-10-9(12(13)15)4-3-5-11(10)14(16)17/h3-5,8H,6-7H2,1-2H3/t8-/m1/s1. The van der Waals surface area contributed by atoms with E-state index in [1.165, 1.54) is 6.07 Å². The SMILES string of the molecule is COC[C@@H](C)N1Cc2c(cccc2[N+](=O)[O-])C1=O. The molecule has 6 nitrogen and oxygen atoms in total. The third-order valence-electron chi connectivity index (χ3n) is 3.11. The molecule has 0 aliphatic carbocycles. The Labute approximate surface area is 104 Å². The summed E-state index contributed by atoms with van der Waals surface area (Å²) in [6.07, 6.45) is 0. The monoisotopic (exact) mass is 250 g/mol. The summed E-state index contributed by atoms with van der Waals surface area (Å²) in [5, 5.41) is 10.9. The fraction of sp³-hybridized carbons (Fsp3) is 0.417. The van der Waals surface area contributed by atoms with Crippen LogP contribution in [-0.4, -0.2) is 35.5 Å². The molecule has 0 radical (unpaired) electrons. The number of rotatable bonds is 4. The highest BCUT2D eigenvalue weighted by Crippen LogP contribution is 2.31. The number of nitro groups is 1. The van der Waals surface area contributed by atoms with Crippen molar-refractivity contribution >= 4 is 11.6 Å². The Balaban J connectivity index is 2.35. The van der Waals surface area contributed by atoms with E-state index in [1.807, 2.05) is 6.92 Å². The molecule has 0 fully saturated rings. The molecule has 0 aromatic heterocycles. The summed E-state index contributed by atoms with van der Waals surface area (Å²) >= 11 is 0. The van der Waals surface area contributed by atoms with Gasteiger partial charge in [-0.15, -0.1) is 0 Å². The van der Waals surface area contributed by atoms with E-state index in [0.29, 0.717) is 17.7 Å². The Hall–Kier alpha value is -1.95. The molecule has 1 aliphatic rings. The van der Waals surface area contributed by atoms with Crippen LogP contribution in [0.1, 0.15) is 22.8 Å². The highest BCUT2D eigenvalue weighted by Gasteiger charge is 2.35. The number of fused-ring (bicyclic) bond motifs is 1. The minimum absolute atomic E-state index is 0.00738. The molecule has 18 heavy (non-hydrogen) atoms. The maximum atomic E-state index is 12.1. The zero-order valence-corrected chi connectivity index (χ0v) is 10.3. The molecule has 6 heteroatoms. The molecule has 96 valence electrons. The van der Waals surface area contributed by atoms with Gasteiger partial charge in [-0.25, -0.2) is 0 Å². The lowest BCUT2D eigenvalue weighted by atomic mass is 10.1. The highest BCUT2D eigenvalue weighted by atomic mass is 16.6. The van der Waals surface area contributed by atoms with E-state index in [0.717, 1.165) is 0 Å². The second-order valence-electron chi connectivity index (χ2n) is 4.30. The van der Waals surface area contributed by atoms with Gasteiger partial charge >= 0.3 is 0 Å². The Morgan fingerprint density at radius 1 is 1.56 bits per heavy atom. The van der Waals surface area contributed by atoms with Crippen molar-refractivity contribution in [3.63, 3.8) is 0 Å². The largest absolute Gasteiger partial charge is 0.383 e. The lowest BCUT2D eigenvalue weighted by Crippen LogP contribution is -2.36. The second kappa shape index (κ2) is 4.73. The van der Waals surface area contributed by atoms with Crippen molar-refractivity contribution < 1.29 is 14.5 Å². The number of benzene rings is 1. The van der Waals surface area contributed by atoms with Crippen LogP contribution in [0.25, 0.3) is 0 Å². The summed E-state index contributed by atoms with van der Waals surface area (Å²) in [6, 6.07) is 4.50. The summed E-state index contributed by atoms with van der Waals surface area (Å²) in [5.74, 6) is -0.168. The maximum Gasteiger partial charge on any atom is 0.275 e. The molecule has 0 bridgehead atoms. The molecule has 0 unspecified atom stereocenters. The van der Waals surface area contributed by atoms with Crippen LogP contribution in [0.2, 0.25) is 0 Å². The average Bonchev–Trinajstić information content (AvgIpc) is 2.67. The van der Waals surface area contributed by atoms with Crippen molar-refractivity contribution in [2.45, 2.75) is 19.5 Å². The van der Waals surface area contributed by atoms with Crippen LogP contribution in [0.5, 0.6) is 0 Å². The number of nitrogens with zero attached hydrogens (tertiary/aromatic N) is 2. The molecule has 0 spiro atoms. The molecule has 1 atom stereocenters. The van der Waals surface area contributed by atoms with E-state index in [9.17, 15) is 14.9 Å². The predicted molar refractivity (Wildman–Crippen MR) is 64.3 cm³/mol.